The van der Waals surface area contributed by atoms with Crippen LogP contribution in [-0.4, -0.2) is 30.2 Å². The van der Waals surface area contributed by atoms with Gasteiger partial charge in [-0.05, 0) is 43.7 Å². The second-order valence-corrected chi connectivity index (χ2v) is 8.90. The number of hydrogen-bond acceptors (Lipinski definition) is 5. The Labute approximate surface area is 178 Å². The number of alkyl halides is 1. The molecule has 0 radical (unpaired) electrons. The second kappa shape index (κ2) is 7.80. The Kier molecular flexibility index (Phi) is 5.36. The van der Waals surface area contributed by atoms with E-state index in [4.69, 9.17) is 21.1 Å². The lowest BCUT2D eigenvalue weighted by Crippen LogP contribution is -2.32. The Morgan fingerprint density at radius 3 is 2.83 bits per heavy atom. The number of hydrogen-bond donors (Lipinski definition) is 1. The van der Waals surface area contributed by atoms with Crippen molar-refractivity contribution >= 4 is 46.6 Å². The van der Waals surface area contributed by atoms with Gasteiger partial charge >= 0.3 is 0 Å². The maximum absolute atomic E-state index is 12.6. The molecule has 8 heteroatoms. The van der Waals surface area contributed by atoms with Gasteiger partial charge in [0.1, 0.15) is 5.37 Å². The molecule has 1 N–H and O–H groups in total. The molecule has 0 saturated carbocycles. The smallest absolute Gasteiger partial charge is 0.238 e. The van der Waals surface area contributed by atoms with Crippen LogP contribution in [0.25, 0.3) is 0 Å². The molecule has 2 heterocycles. The van der Waals surface area contributed by atoms with E-state index < -0.39 is 5.41 Å². The van der Waals surface area contributed by atoms with Crippen LogP contribution in [0.1, 0.15) is 24.8 Å². The Bertz CT molecular complexity index is 965. The number of anilines is 2. The normalized spacial score (nSPS) is 18.2. The van der Waals surface area contributed by atoms with Crippen molar-refractivity contribution in [2.24, 2.45) is 5.41 Å². The molecule has 2 amide bonds. The highest BCUT2D eigenvalue weighted by Gasteiger charge is 2.35. The van der Waals surface area contributed by atoms with Gasteiger partial charge in [0.2, 0.25) is 18.6 Å². The van der Waals surface area contributed by atoms with E-state index in [2.05, 4.69) is 5.32 Å². The Morgan fingerprint density at radius 1 is 1.24 bits per heavy atom. The third-order valence-electron chi connectivity index (χ3n) is 4.88. The van der Waals surface area contributed by atoms with Crippen LogP contribution in [0.2, 0.25) is 0 Å². The molecule has 0 aromatic heterocycles. The van der Waals surface area contributed by atoms with Crippen LogP contribution in [0.4, 0.5) is 11.4 Å². The maximum Gasteiger partial charge on any atom is 0.238 e. The van der Waals surface area contributed by atoms with Crippen LogP contribution in [0.15, 0.2) is 42.5 Å². The number of benzene rings is 2. The summed E-state index contributed by atoms with van der Waals surface area (Å²) in [6.07, 6.45) is 0. The number of ether oxygens (including phenoxy) is 2. The summed E-state index contributed by atoms with van der Waals surface area (Å²) in [5, 5.41) is 2.73. The number of thioether (sulfide) groups is 1. The summed E-state index contributed by atoms with van der Waals surface area (Å²) in [4.78, 5) is 26.9. The van der Waals surface area contributed by atoms with E-state index in [9.17, 15) is 9.59 Å². The summed E-state index contributed by atoms with van der Waals surface area (Å²) in [7, 11) is 0. The lowest BCUT2D eigenvalue weighted by molar-refractivity contribution is -0.123. The number of nitrogens with one attached hydrogen (secondary N) is 1. The minimum absolute atomic E-state index is 0.0246. The fourth-order valence-corrected chi connectivity index (χ4v) is 4.40. The fourth-order valence-electron chi connectivity index (χ4n) is 3.12. The van der Waals surface area contributed by atoms with Gasteiger partial charge in [-0.15, -0.1) is 23.4 Å². The Balaban J connectivity index is 1.60. The molecule has 4 rings (SSSR count). The topological polar surface area (TPSA) is 67.9 Å². The number of amides is 2. The molecule has 29 heavy (non-hydrogen) atoms. The van der Waals surface area contributed by atoms with Gasteiger partial charge < -0.3 is 14.8 Å². The molecule has 1 unspecified atom stereocenters. The minimum Gasteiger partial charge on any atom is -0.454 e. The van der Waals surface area contributed by atoms with E-state index >= 15 is 0 Å². The molecular weight excluding hydrogens is 412 g/mol. The van der Waals surface area contributed by atoms with Gasteiger partial charge in [-0.25, -0.2) is 0 Å². The second-order valence-electron chi connectivity index (χ2n) is 7.56. The van der Waals surface area contributed by atoms with Crippen molar-refractivity contribution in [3.8, 4) is 11.5 Å². The quantitative estimate of drug-likeness (QED) is 0.709. The highest BCUT2D eigenvalue weighted by atomic mass is 35.5. The lowest BCUT2D eigenvalue weighted by atomic mass is 9.95. The van der Waals surface area contributed by atoms with Gasteiger partial charge in [-0.2, -0.15) is 0 Å². The third kappa shape index (κ3) is 3.89. The van der Waals surface area contributed by atoms with Crippen LogP contribution < -0.4 is 19.7 Å². The first-order valence-corrected chi connectivity index (χ1v) is 10.8. The third-order valence-corrected chi connectivity index (χ3v) is 6.76. The van der Waals surface area contributed by atoms with Crippen LogP contribution >= 0.6 is 23.4 Å². The number of halogens is 1. The van der Waals surface area contributed by atoms with Gasteiger partial charge in [0.05, 0.1) is 11.2 Å². The average molecular weight is 433 g/mol. The lowest BCUT2D eigenvalue weighted by Gasteiger charge is -2.25. The monoisotopic (exact) mass is 432 g/mol. The predicted molar refractivity (Wildman–Crippen MR) is 115 cm³/mol. The summed E-state index contributed by atoms with van der Waals surface area (Å²) in [5.41, 5.74) is 1.69. The highest BCUT2D eigenvalue weighted by molar-refractivity contribution is 8.00. The van der Waals surface area contributed by atoms with Crippen LogP contribution in [-0.2, 0) is 9.59 Å². The Morgan fingerprint density at radius 2 is 2.03 bits per heavy atom. The van der Waals surface area contributed by atoms with Gasteiger partial charge in [-0.1, -0.05) is 12.1 Å². The molecule has 2 aromatic carbocycles. The van der Waals surface area contributed by atoms with Gasteiger partial charge in [-0.3, -0.25) is 14.5 Å². The van der Waals surface area contributed by atoms with Crippen molar-refractivity contribution in [3.63, 3.8) is 0 Å². The van der Waals surface area contributed by atoms with Crippen molar-refractivity contribution in [3.05, 3.63) is 48.0 Å². The minimum atomic E-state index is -0.672. The van der Waals surface area contributed by atoms with Gasteiger partial charge in [0, 0.05) is 23.3 Å². The largest absolute Gasteiger partial charge is 0.454 e. The zero-order chi connectivity index (χ0) is 20.6. The van der Waals surface area contributed by atoms with Crippen molar-refractivity contribution in [2.45, 2.75) is 19.2 Å². The fraction of sp³-hybridized carbons (Fsp3) is 0.333. The summed E-state index contributed by atoms with van der Waals surface area (Å²) in [5.74, 6) is 1.80. The van der Waals surface area contributed by atoms with Gasteiger partial charge in [0.15, 0.2) is 11.5 Å². The molecule has 1 saturated heterocycles. The average Bonchev–Trinajstić information content (AvgIpc) is 3.33. The number of carbonyl (C=O) groups is 2. The zero-order valence-electron chi connectivity index (χ0n) is 16.1. The molecule has 1 fully saturated rings. The number of fused-ring (bicyclic) bond motifs is 1. The maximum atomic E-state index is 12.6. The molecule has 0 aliphatic carbocycles. The van der Waals surface area contributed by atoms with E-state index in [1.807, 2.05) is 42.5 Å². The molecule has 0 bridgehead atoms. The zero-order valence-corrected chi connectivity index (χ0v) is 17.7. The van der Waals surface area contributed by atoms with Crippen molar-refractivity contribution in [1.29, 1.82) is 0 Å². The SMILES string of the molecule is CC(C)(CCl)C(=O)Nc1cccc(C2SCC(=O)N2c2ccc3c(c2)OCO3)c1. The number of rotatable bonds is 5. The molecule has 6 nitrogen and oxygen atoms in total. The molecule has 2 aromatic rings. The van der Waals surface area contributed by atoms with E-state index in [1.165, 1.54) is 0 Å². The first-order valence-electron chi connectivity index (χ1n) is 9.20. The number of carbonyl (C=O) groups excluding carboxylic acids is 2. The molecule has 0 spiro atoms. The molecular formula is C21H21ClN2O4S. The van der Waals surface area contributed by atoms with Crippen LogP contribution in [0.5, 0.6) is 11.5 Å². The predicted octanol–water partition coefficient (Wildman–Crippen LogP) is 4.40. The van der Waals surface area contributed by atoms with E-state index in [0.717, 1.165) is 11.3 Å². The Hall–Kier alpha value is -2.38. The summed E-state index contributed by atoms with van der Waals surface area (Å²) >= 11 is 7.45. The van der Waals surface area contributed by atoms with Crippen molar-refractivity contribution < 1.29 is 19.1 Å². The molecule has 1 atom stereocenters. The summed E-state index contributed by atoms with van der Waals surface area (Å²) in [6.45, 7) is 3.78. The number of nitrogens with zero attached hydrogens (tertiary/aromatic N) is 1. The highest BCUT2D eigenvalue weighted by Crippen LogP contribution is 2.45. The molecule has 2 aliphatic rings. The van der Waals surface area contributed by atoms with Gasteiger partial charge in [0.25, 0.3) is 0 Å². The van der Waals surface area contributed by atoms with E-state index in [1.54, 1.807) is 30.5 Å². The van der Waals surface area contributed by atoms with Crippen molar-refractivity contribution in [2.75, 3.05) is 28.6 Å². The van der Waals surface area contributed by atoms with E-state index in [0.29, 0.717) is 22.9 Å². The molecule has 152 valence electrons. The van der Waals surface area contributed by atoms with E-state index in [-0.39, 0.29) is 29.9 Å². The first kappa shape index (κ1) is 19.9. The summed E-state index contributed by atoms with van der Waals surface area (Å²) < 4.78 is 10.8. The molecule has 2 aliphatic heterocycles. The van der Waals surface area contributed by atoms with Crippen molar-refractivity contribution in [1.82, 2.24) is 0 Å². The first-order chi connectivity index (χ1) is 13.9. The van der Waals surface area contributed by atoms with Crippen LogP contribution in [0.3, 0.4) is 0 Å². The standard InChI is InChI=1S/C21H21ClN2O4S/c1-21(2,11-22)20(26)23-14-5-3-4-13(8-14)19-24(18(25)10-29-19)15-6-7-16-17(9-15)28-12-27-16/h3-9,19H,10-12H2,1-2H3,(H,23,26). The van der Waals surface area contributed by atoms with Crippen LogP contribution in [0, 0.1) is 5.41 Å². The summed E-state index contributed by atoms with van der Waals surface area (Å²) in [6, 6.07) is 13.1.